The molecule has 0 aromatic heterocycles. The van der Waals surface area contributed by atoms with Crippen LogP contribution in [-0.4, -0.2) is 24.4 Å². The second-order valence-corrected chi connectivity index (χ2v) is 9.11. The Morgan fingerprint density at radius 1 is 1.08 bits per heavy atom. The largest absolute Gasteiger partial charge is 0.416 e. The third kappa shape index (κ3) is 4.30. The van der Waals surface area contributed by atoms with Gasteiger partial charge in [0.1, 0.15) is 11.6 Å². The molecule has 0 saturated carbocycles. The number of anilines is 2. The zero-order chi connectivity index (χ0) is 27.5. The van der Waals surface area contributed by atoms with Crippen LogP contribution in [0.5, 0.6) is 0 Å². The quantitative estimate of drug-likeness (QED) is 0.391. The topological polar surface area (TPSA) is 105 Å². The summed E-state index contributed by atoms with van der Waals surface area (Å²) >= 11 is 6.31. The Morgan fingerprint density at radius 3 is 2.50 bits per heavy atom. The summed E-state index contributed by atoms with van der Waals surface area (Å²) in [6.07, 6.45) is -4.68. The monoisotopic (exact) mass is 550 g/mol. The summed E-state index contributed by atoms with van der Waals surface area (Å²) in [6, 6.07) is 4.32. The molecule has 2 heterocycles. The molecule has 5 rings (SSSR count). The van der Waals surface area contributed by atoms with E-state index >= 15 is 0 Å². The average molecular weight is 551 g/mol. The van der Waals surface area contributed by atoms with Gasteiger partial charge in [0, 0.05) is 39.5 Å². The first-order valence-corrected chi connectivity index (χ1v) is 11.4. The summed E-state index contributed by atoms with van der Waals surface area (Å²) in [7, 11) is 0. The summed E-state index contributed by atoms with van der Waals surface area (Å²) < 4.78 is 67.8. The van der Waals surface area contributed by atoms with Crippen LogP contribution in [0.4, 0.5) is 38.1 Å². The summed E-state index contributed by atoms with van der Waals surface area (Å²) in [5, 5.41) is 5.18. The molecule has 196 valence electrons. The Balaban J connectivity index is 1.70. The number of rotatable bonds is 4. The molecule has 0 radical (unpaired) electrons. The van der Waals surface area contributed by atoms with Crippen LogP contribution in [-0.2, 0) is 12.6 Å². The zero-order valence-corrected chi connectivity index (χ0v) is 19.8. The van der Waals surface area contributed by atoms with Gasteiger partial charge in [-0.05, 0) is 54.4 Å². The van der Waals surface area contributed by atoms with Crippen LogP contribution in [0.15, 0.2) is 42.5 Å². The van der Waals surface area contributed by atoms with Crippen molar-refractivity contribution in [1.82, 2.24) is 5.32 Å². The van der Waals surface area contributed by atoms with Gasteiger partial charge < -0.3 is 16.4 Å². The molecule has 2 aliphatic heterocycles. The van der Waals surface area contributed by atoms with Crippen molar-refractivity contribution < 1.29 is 36.3 Å². The van der Waals surface area contributed by atoms with E-state index in [1.165, 1.54) is 17.0 Å². The van der Waals surface area contributed by atoms with Crippen LogP contribution in [0.25, 0.3) is 0 Å². The van der Waals surface area contributed by atoms with Gasteiger partial charge in [0.05, 0.1) is 17.3 Å². The molecule has 1 atom stereocenters. The van der Waals surface area contributed by atoms with Crippen molar-refractivity contribution in [3.8, 4) is 0 Å². The summed E-state index contributed by atoms with van der Waals surface area (Å²) in [5.74, 6) is -3.97. The van der Waals surface area contributed by atoms with Crippen molar-refractivity contribution in [1.29, 1.82) is 0 Å². The molecule has 2 aliphatic rings. The highest BCUT2D eigenvalue weighted by Gasteiger charge is 2.41. The van der Waals surface area contributed by atoms with E-state index in [2.05, 4.69) is 10.6 Å². The number of urea groups is 1. The first-order chi connectivity index (χ1) is 17.8. The minimum Gasteiger partial charge on any atom is -0.366 e. The van der Waals surface area contributed by atoms with E-state index in [0.29, 0.717) is 17.7 Å². The number of hydrogen-bond acceptors (Lipinski definition) is 3. The van der Waals surface area contributed by atoms with E-state index in [4.69, 9.17) is 17.3 Å². The molecule has 1 unspecified atom stereocenters. The third-order valence-corrected chi connectivity index (χ3v) is 6.72. The van der Waals surface area contributed by atoms with Gasteiger partial charge in [0.15, 0.2) is 0 Å². The van der Waals surface area contributed by atoms with Gasteiger partial charge in [0.2, 0.25) is 5.91 Å². The Labute approximate surface area is 216 Å². The van der Waals surface area contributed by atoms with Crippen LogP contribution in [0, 0.1) is 11.6 Å². The van der Waals surface area contributed by atoms with Crippen molar-refractivity contribution in [2.24, 2.45) is 5.73 Å². The van der Waals surface area contributed by atoms with E-state index in [1.54, 1.807) is 0 Å². The van der Waals surface area contributed by atoms with E-state index in [9.17, 15) is 36.3 Å². The van der Waals surface area contributed by atoms with Gasteiger partial charge in [-0.25, -0.2) is 13.6 Å². The second kappa shape index (κ2) is 8.98. The molecular weight excluding hydrogens is 535 g/mol. The number of carbonyl (C=O) groups is 3. The fourth-order valence-electron chi connectivity index (χ4n) is 4.76. The van der Waals surface area contributed by atoms with Gasteiger partial charge in [0.25, 0.3) is 5.91 Å². The predicted octanol–water partition coefficient (Wildman–Crippen LogP) is 5.16. The highest BCUT2D eigenvalue weighted by atomic mass is 35.5. The fourth-order valence-corrected chi connectivity index (χ4v) is 4.99. The minimum atomic E-state index is -4.92. The first-order valence-electron chi connectivity index (χ1n) is 11.1. The maximum absolute atomic E-state index is 14.2. The van der Waals surface area contributed by atoms with Crippen molar-refractivity contribution in [2.75, 3.05) is 16.8 Å². The van der Waals surface area contributed by atoms with Gasteiger partial charge in [-0.15, -0.1) is 0 Å². The molecular formula is C25H16ClF5N4O3. The molecule has 0 fully saturated rings. The molecule has 0 spiro atoms. The standard InChI is InChI=1S/C25H16ClF5N4O3/c26-17-2-1-12(27)8-16(17)20-19-18(33-23(37)10-5-11(25(29,30)31)7-13(28)6-10)9-15(22(32)36)14-3-4-35(21(14)19)24(38)34-20/h1-2,5-9,20H,3-4H2,(H2,32,36)(H,33,37)(H,34,38). The average Bonchev–Trinajstić information content (AvgIpc) is 3.28. The predicted molar refractivity (Wildman–Crippen MR) is 127 cm³/mol. The fraction of sp³-hybridized carbons (Fsp3) is 0.160. The van der Waals surface area contributed by atoms with Gasteiger partial charge in [-0.2, -0.15) is 13.2 Å². The molecule has 4 N–H and O–H groups in total. The molecule has 7 nitrogen and oxygen atoms in total. The molecule has 0 saturated heterocycles. The van der Waals surface area contributed by atoms with Crippen LogP contribution >= 0.6 is 11.6 Å². The number of nitrogens with one attached hydrogen (secondary N) is 2. The van der Waals surface area contributed by atoms with E-state index in [0.717, 1.165) is 12.1 Å². The van der Waals surface area contributed by atoms with Crippen LogP contribution in [0.2, 0.25) is 5.02 Å². The zero-order valence-electron chi connectivity index (χ0n) is 19.1. The molecule has 0 aliphatic carbocycles. The maximum atomic E-state index is 14.2. The lowest BCUT2D eigenvalue weighted by molar-refractivity contribution is -0.137. The van der Waals surface area contributed by atoms with Gasteiger partial charge in [-0.1, -0.05) is 11.6 Å². The first kappa shape index (κ1) is 25.5. The van der Waals surface area contributed by atoms with Crippen molar-refractivity contribution in [2.45, 2.75) is 18.6 Å². The van der Waals surface area contributed by atoms with Crippen molar-refractivity contribution in [3.63, 3.8) is 0 Å². The maximum Gasteiger partial charge on any atom is 0.416 e. The smallest absolute Gasteiger partial charge is 0.366 e. The Kier molecular flexibility index (Phi) is 6.02. The molecule has 3 aromatic rings. The van der Waals surface area contributed by atoms with Crippen LogP contribution in [0.3, 0.4) is 0 Å². The number of benzene rings is 3. The summed E-state index contributed by atoms with van der Waals surface area (Å²) in [4.78, 5) is 39.6. The number of hydrogen-bond donors (Lipinski definition) is 3. The van der Waals surface area contributed by atoms with Crippen molar-refractivity contribution >= 4 is 40.8 Å². The highest BCUT2D eigenvalue weighted by molar-refractivity contribution is 6.31. The normalized spacial score (nSPS) is 16.2. The number of carbonyl (C=O) groups excluding carboxylic acids is 3. The Morgan fingerprint density at radius 2 is 1.82 bits per heavy atom. The Hall–Kier alpha value is -4.19. The molecule has 4 amide bonds. The number of amides is 4. The molecule has 38 heavy (non-hydrogen) atoms. The SMILES string of the molecule is NC(=O)c1cc(NC(=O)c2cc(F)cc(C(F)(F)F)c2)c2c3c1CCN3C(=O)NC2c1cc(F)ccc1Cl. The minimum absolute atomic E-state index is 0.0319. The van der Waals surface area contributed by atoms with E-state index in [1.807, 2.05) is 0 Å². The van der Waals surface area contributed by atoms with Crippen LogP contribution in [0.1, 0.15) is 49.0 Å². The number of halogens is 6. The third-order valence-electron chi connectivity index (χ3n) is 6.37. The lowest BCUT2D eigenvalue weighted by Gasteiger charge is -2.35. The number of alkyl halides is 3. The summed E-state index contributed by atoms with van der Waals surface area (Å²) in [5.41, 5.74) is 4.35. The van der Waals surface area contributed by atoms with E-state index < -0.39 is 52.8 Å². The highest BCUT2D eigenvalue weighted by Crippen LogP contribution is 2.47. The number of nitrogens with zero attached hydrogens (tertiary/aromatic N) is 1. The Bertz CT molecular complexity index is 1540. The number of nitrogens with two attached hydrogens (primary N) is 1. The van der Waals surface area contributed by atoms with Crippen LogP contribution < -0.4 is 21.3 Å². The van der Waals surface area contributed by atoms with Crippen molar-refractivity contribution in [3.05, 3.63) is 92.5 Å². The molecule has 13 heteroatoms. The number of primary amides is 1. The second-order valence-electron chi connectivity index (χ2n) is 8.71. The lowest BCUT2D eigenvalue weighted by atomic mass is 9.89. The summed E-state index contributed by atoms with van der Waals surface area (Å²) in [6.45, 7) is 0.161. The van der Waals surface area contributed by atoms with Gasteiger partial charge >= 0.3 is 12.2 Å². The molecule has 3 aromatic carbocycles. The van der Waals surface area contributed by atoms with E-state index in [-0.39, 0.29) is 52.1 Å². The van der Waals surface area contributed by atoms with Gasteiger partial charge in [-0.3, -0.25) is 14.5 Å². The lowest BCUT2D eigenvalue weighted by Crippen LogP contribution is -2.46. The molecule has 0 bridgehead atoms.